The summed E-state index contributed by atoms with van der Waals surface area (Å²) in [5, 5.41) is 8.61. The Kier molecular flexibility index (Phi) is 2.35. The van der Waals surface area contributed by atoms with Crippen LogP contribution in [0, 0.1) is 11.3 Å². The van der Waals surface area contributed by atoms with Gasteiger partial charge in [0.25, 0.3) is 0 Å². The molecule has 0 aliphatic heterocycles. The number of rotatable bonds is 1. The maximum Gasteiger partial charge on any atom is 0.100 e. The van der Waals surface area contributed by atoms with Crippen molar-refractivity contribution in [2.75, 3.05) is 0 Å². The number of thiol groups is 1. The van der Waals surface area contributed by atoms with Crippen LogP contribution in [0.3, 0.4) is 0 Å². The van der Waals surface area contributed by atoms with E-state index in [9.17, 15) is 0 Å². The summed E-state index contributed by atoms with van der Waals surface area (Å²) < 4.78 is 0. The first kappa shape index (κ1) is 7.90. The van der Waals surface area contributed by atoms with Crippen LogP contribution in [0.1, 0.15) is 11.1 Å². The zero-order valence-electron chi connectivity index (χ0n) is 5.91. The summed E-state index contributed by atoms with van der Waals surface area (Å²) in [6, 6.07) is 7.46. The molecule has 54 valence electrons. The van der Waals surface area contributed by atoms with Gasteiger partial charge in [0.1, 0.15) is 6.07 Å². The Morgan fingerprint density at radius 3 is 2.82 bits per heavy atom. The van der Waals surface area contributed by atoms with Crippen molar-refractivity contribution in [2.45, 2.75) is 4.90 Å². The van der Waals surface area contributed by atoms with E-state index >= 15 is 0 Å². The van der Waals surface area contributed by atoms with Crippen molar-refractivity contribution in [1.82, 2.24) is 0 Å². The van der Waals surface area contributed by atoms with Gasteiger partial charge in [-0.1, -0.05) is 24.8 Å². The molecule has 0 radical (unpaired) electrons. The van der Waals surface area contributed by atoms with Crippen molar-refractivity contribution in [3.63, 3.8) is 0 Å². The highest BCUT2D eigenvalue weighted by Gasteiger charge is 1.99. The lowest BCUT2D eigenvalue weighted by atomic mass is 10.1. The first-order valence-corrected chi connectivity index (χ1v) is 3.59. The van der Waals surface area contributed by atoms with Gasteiger partial charge in [-0.2, -0.15) is 5.26 Å². The first-order valence-electron chi connectivity index (χ1n) is 3.14. The quantitative estimate of drug-likeness (QED) is 0.628. The smallest absolute Gasteiger partial charge is 0.100 e. The van der Waals surface area contributed by atoms with Gasteiger partial charge in [-0.05, 0) is 11.6 Å². The molecule has 0 unspecified atom stereocenters. The van der Waals surface area contributed by atoms with Crippen LogP contribution in [-0.2, 0) is 0 Å². The molecule has 1 rings (SSSR count). The normalized spacial score (nSPS) is 8.73. The second-order valence-electron chi connectivity index (χ2n) is 2.06. The molecule has 1 nitrogen and oxygen atoms in total. The summed E-state index contributed by atoms with van der Waals surface area (Å²) in [4.78, 5) is 0.699. The fourth-order valence-corrected chi connectivity index (χ4v) is 1.11. The molecule has 0 aliphatic carbocycles. The molecular formula is C9H7NS. The molecule has 0 bridgehead atoms. The minimum atomic E-state index is 0.589. The maximum atomic E-state index is 8.61. The lowest BCUT2D eigenvalue weighted by Gasteiger charge is -1.98. The molecule has 0 aliphatic rings. The van der Waals surface area contributed by atoms with E-state index in [0.717, 1.165) is 5.56 Å². The molecule has 0 aromatic heterocycles. The molecule has 0 N–H and O–H groups in total. The van der Waals surface area contributed by atoms with Crippen molar-refractivity contribution in [2.24, 2.45) is 0 Å². The number of hydrogen-bond donors (Lipinski definition) is 1. The minimum Gasteiger partial charge on any atom is -0.192 e. The van der Waals surface area contributed by atoms with Crippen LogP contribution in [0.2, 0.25) is 0 Å². The van der Waals surface area contributed by atoms with E-state index in [2.05, 4.69) is 19.2 Å². The molecular weight excluding hydrogens is 154 g/mol. The van der Waals surface area contributed by atoms with E-state index in [-0.39, 0.29) is 0 Å². The summed E-state index contributed by atoms with van der Waals surface area (Å²) in [6.45, 7) is 3.61. The molecule has 0 saturated carbocycles. The average molecular weight is 161 g/mol. The second kappa shape index (κ2) is 3.27. The largest absolute Gasteiger partial charge is 0.192 e. The van der Waals surface area contributed by atoms with E-state index in [1.54, 1.807) is 12.1 Å². The number of hydrogen-bond acceptors (Lipinski definition) is 2. The summed E-state index contributed by atoms with van der Waals surface area (Å²) in [7, 11) is 0. The Balaban J connectivity index is 3.34. The molecule has 0 heterocycles. The predicted molar refractivity (Wildman–Crippen MR) is 48.5 cm³/mol. The highest BCUT2D eigenvalue weighted by Crippen LogP contribution is 2.18. The molecule has 1 aromatic rings. The van der Waals surface area contributed by atoms with E-state index in [1.807, 2.05) is 18.2 Å². The highest BCUT2D eigenvalue weighted by molar-refractivity contribution is 7.80. The predicted octanol–water partition coefficient (Wildman–Crippen LogP) is 2.49. The molecule has 11 heavy (non-hydrogen) atoms. The van der Waals surface area contributed by atoms with Gasteiger partial charge in [0.2, 0.25) is 0 Å². The van der Waals surface area contributed by atoms with Crippen molar-refractivity contribution < 1.29 is 0 Å². The van der Waals surface area contributed by atoms with Crippen LogP contribution in [0.4, 0.5) is 0 Å². The summed E-state index contributed by atoms with van der Waals surface area (Å²) in [5.74, 6) is 0. The number of benzene rings is 1. The minimum absolute atomic E-state index is 0.589. The Morgan fingerprint density at radius 2 is 2.27 bits per heavy atom. The molecule has 0 atom stereocenters. The topological polar surface area (TPSA) is 23.8 Å². The van der Waals surface area contributed by atoms with Crippen LogP contribution in [0.15, 0.2) is 29.7 Å². The van der Waals surface area contributed by atoms with Crippen LogP contribution >= 0.6 is 12.6 Å². The van der Waals surface area contributed by atoms with Crippen LogP contribution < -0.4 is 0 Å². The molecule has 0 saturated heterocycles. The summed E-state index contributed by atoms with van der Waals surface area (Å²) >= 11 is 4.18. The Bertz CT molecular complexity index is 323. The second-order valence-corrected chi connectivity index (χ2v) is 2.51. The van der Waals surface area contributed by atoms with Gasteiger partial charge in [0, 0.05) is 4.90 Å². The van der Waals surface area contributed by atoms with E-state index in [1.165, 1.54) is 0 Å². The monoisotopic (exact) mass is 161 g/mol. The van der Waals surface area contributed by atoms with Crippen molar-refractivity contribution in [1.29, 1.82) is 5.26 Å². The lowest BCUT2D eigenvalue weighted by Crippen LogP contribution is -1.80. The Morgan fingerprint density at radius 1 is 1.55 bits per heavy atom. The molecule has 0 amide bonds. The van der Waals surface area contributed by atoms with E-state index < -0.39 is 0 Å². The first-order chi connectivity index (χ1) is 5.29. The summed E-state index contributed by atoms with van der Waals surface area (Å²) in [6.07, 6.45) is 1.68. The highest BCUT2D eigenvalue weighted by atomic mass is 32.1. The molecule has 0 spiro atoms. The fraction of sp³-hybridized carbons (Fsp3) is 0. The maximum absolute atomic E-state index is 8.61. The SMILES string of the molecule is C=Cc1cccc(C#N)c1S. The molecule has 1 aromatic carbocycles. The average Bonchev–Trinajstić information content (AvgIpc) is 2.05. The number of nitriles is 1. The van der Waals surface area contributed by atoms with Gasteiger partial charge in [-0.15, -0.1) is 12.6 Å². The van der Waals surface area contributed by atoms with Gasteiger partial charge >= 0.3 is 0 Å². The van der Waals surface area contributed by atoms with Crippen molar-refractivity contribution in [3.05, 3.63) is 35.9 Å². The lowest BCUT2D eigenvalue weighted by molar-refractivity contribution is 1.36. The van der Waals surface area contributed by atoms with Gasteiger partial charge in [-0.25, -0.2) is 0 Å². The van der Waals surface area contributed by atoms with Gasteiger partial charge in [0.05, 0.1) is 5.56 Å². The summed E-state index contributed by atoms with van der Waals surface area (Å²) in [5.41, 5.74) is 1.48. The van der Waals surface area contributed by atoms with Crippen molar-refractivity contribution >= 4 is 18.7 Å². The molecule has 0 fully saturated rings. The third-order valence-electron chi connectivity index (χ3n) is 1.41. The van der Waals surface area contributed by atoms with Gasteiger partial charge in [-0.3, -0.25) is 0 Å². The molecule has 2 heteroatoms. The zero-order chi connectivity index (χ0) is 8.27. The van der Waals surface area contributed by atoms with Crippen LogP contribution in [0.5, 0.6) is 0 Å². The van der Waals surface area contributed by atoms with Gasteiger partial charge in [0.15, 0.2) is 0 Å². The number of nitrogens with zero attached hydrogens (tertiary/aromatic N) is 1. The Labute approximate surface area is 71.4 Å². The zero-order valence-corrected chi connectivity index (χ0v) is 6.81. The third-order valence-corrected chi connectivity index (χ3v) is 1.91. The Hall–Kier alpha value is -1.20. The standard InChI is InChI=1S/C9H7NS/c1-2-7-4-3-5-8(6-10)9(7)11/h2-5,11H,1H2. The van der Waals surface area contributed by atoms with E-state index in [0.29, 0.717) is 10.5 Å². The van der Waals surface area contributed by atoms with E-state index in [4.69, 9.17) is 5.26 Å². The third kappa shape index (κ3) is 1.44. The van der Waals surface area contributed by atoms with Crippen LogP contribution in [-0.4, -0.2) is 0 Å². The van der Waals surface area contributed by atoms with Gasteiger partial charge < -0.3 is 0 Å². The van der Waals surface area contributed by atoms with Crippen molar-refractivity contribution in [3.8, 4) is 6.07 Å². The van der Waals surface area contributed by atoms with Crippen LogP contribution in [0.25, 0.3) is 6.08 Å². The fourth-order valence-electron chi connectivity index (χ4n) is 0.816.